The third-order valence-electron chi connectivity index (χ3n) is 4.37. The first kappa shape index (κ1) is 15.1. The zero-order valence-electron chi connectivity index (χ0n) is 12.6. The zero-order chi connectivity index (χ0) is 14.6. The summed E-state index contributed by atoms with van der Waals surface area (Å²) in [6, 6.07) is 3.26. The summed E-state index contributed by atoms with van der Waals surface area (Å²) < 4.78 is 25.0. The van der Waals surface area contributed by atoms with Gasteiger partial charge in [0.25, 0.3) is 0 Å². The van der Waals surface area contributed by atoms with Gasteiger partial charge < -0.3 is 14.8 Å². The first-order valence-electron chi connectivity index (χ1n) is 7.23. The number of benzene rings is 1. The molecule has 0 aromatic heterocycles. The Balaban J connectivity index is 2.47. The van der Waals surface area contributed by atoms with Gasteiger partial charge in [-0.25, -0.2) is 4.39 Å². The SMILES string of the molecule is CNCC1(c2cc(OC)c(OC)cc2F)CCCCC1. The van der Waals surface area contributed by atoms with E-state index >= 15 is 0 Å². The van der Waals surface area contributed by atoms with Gasteiger partial charge in [-0.05, 0) is 31.5 Å². The first-order valence-corrected chi connectivity index (χ1v) is 7.23. The Morgan fingerprint density at radius 1 is 1.10 bits per heavy atom. The zero-order valence-corrected chi connectivity index (χ0v) is 12.6. The summed E-state index contributed by atoms with van der Waals surface area (Å²) in [6.45, 7) is 0.791. The van der Waals surface area contributed by atoms with Crippen LogP contribution in [-0.4, -0.2) is 27.8 Å². The lowest BCUT2D eigenvalue weighted by Crippen LogP contribution is -2.39. The number of hydrogen-bond acceptors (Lipinski definition) is 3. The molecule has 1 aliphatic carbocycles. The number of likely N-dealkylation sites (N-methyl/N-ethyl adjacent to an activating group) is 1. The number of ether oxygens (including phenoxy) is 2. The minimum atomic E-state index is -0.195. The van der Waals surface area contributed by atoms with Crippen molar-refractivity contribution in [2.24, 2.45) is 0 Å². The van der Waals surface area contributed by atoms with Gasteiger partial charge >= 0.3 is 0 Å². The van der Waals surface area contributed by atoms with E-state index < -0.39 is 0 Å². The Kier molecular flexibility index (Phi) is 4.86. The molecule has 20 heavy (non-hydrogen) atoms. The Labute approximate surface area is 120 Å². The molecular weight excluding hydrogens is 257 g/mol. The average molecular weight is 281 g/mol. The third-order valence-corrected chi connectivity index (χ3v) is 4.37. The van der Waals surface area contributed by atoms with Crippen LogP contribution in [0.3, 0.4) is 0 Å². The second-order valence-corrected chi connectivity index (χ2v) is 5.56. The number of nitrogens with one attached hydrogen (secondary N) is 1. The lowest BCUT2D eigenvalue weighted by atomic mass is 9.69. The maximum Gasteiger partial charge on any atom is 0.163 e. The molecular formula is C16H24FNO2. The van der Waals surface area contributed by atoms with Crippen molar-refractivity contribution in [3.8, 4) is 11.5 Å². The van der Waals surface area contributed by atoms with Crippen LogP contribution < -0.4 is 14.8 Å². The Morgan fingerprint density at radius 2 is 1.70 bits per heavy atom. The number of rotatable bonds is 5. The van der Waals surface area contributed by atoms with E-state index in [9.17, 15) is 4.39 Å². The average Bonchev–Trinajstić information content (AvgIpc) is 2.48. The number of methoxy groups -OCH3 is 2. The minimum absolute atomic E-state index is 0.128. The van der Waals surface area contributed by atoms with E-state index in [0.717, 1.165) is 37.8 Å². The van der Waals surface area contributed by atoms with Gasteiger partial charge in [-0.2, -0.15) is 0 Å². The van der Waals surface area contributed by atoms with Crippen molar-refractivity contribution in [1.82, 2.24) is 5.32 Å². The van der Waals surface area contributed by atoms with Crippen LogP contribution in [0.15, 0.2) is 12.1 Å². The van der Waals surface area contributed by atoms with E-state index in [2.05, 4.69) is 5.32 Å². The molecule has 1 aliphatic rings. The van der Waals surface area contributed by atoms with Gasteiger partial charge in [0.1, 0.15) is 5.82 Å². The van der Waals surface area contributed by atoms with E-state index in [4.69, 9.17) is 9.47 Å². The highest BCUT2D eigenvalue weighted by molar-refractivity contribution is 5.46. The van der Waals surface area contributed by atoms with Crippen molar-refractivity contribution in [1.29, 1.82) is 0 Å². The quantitative estimate of drug-likeness (QED) is 0.898. The normalized spacial score (nSPS) is 17.8. The standard InChI is InChI=1S/C16H24FNO2/c1-18-11-16(7-5-4-6-8-16)12-9-14(19-2)15(20-3)10-13(12)17/h9-10,18H,4-8,11H2,1-3H3. The van der Waals surface area contributed by atoms with E-state index in [-0.39, 0.29) is 11.2 Å². The van der Waals surface area contributed by atoms with Crippen LogP contribution in [-0.2, 0) is 5.41 Å². The van der Waals surface area contributed by atoms with Gasteiger partial charge in [0.15, 0.2) is 11.5 Å². The van der Waals surface area contributed by atoms with Crippen molar-refractivity contribution in [3.63, 3.8) is 0 Å². The Morgan fingerprint density at radius 3 is 2.25 bits per heavy atom. The monoisotopic (exact) mass is 281 g/mol. The maximum absolute atomic E-state index is 14.5. The van der Waals surface area contributed by atoms with Crippen molar-refractivity contribution in [2.45, 2.75) is 37.5 Å². The van der Waals surface area contributed by atoms with Crippen LogP contribution in [0.4, 0.5) is 4.39 Å². The molecule has 1 N–H and O–H groups in total. The van der Waals surface area contributed by atoms with E-state index in [1.54, 1.807) is 7.11 Å². The van der Waals surface area contributed by atoms with Gasteiger partial charge in [0, 0.05) is 18.0 Å². The molecule has 0 bridgehead atoms. The van der Waals surface area contributed by atoms with Crippen LogP contribution in [0.2, 0.25) is 0 Å². The summed E-state index contributed by atoms with van der Waals surface area (Å²) in [5, 5.41) is 3.23. The van der Waals surface area contributed by atoms with Gasteiger partial charge in [-0.15, -0.1) is 0 Å². The first-order chi connectivity index (χ1) is 9.66. The van der Waals surface area contributed by atoms with Crippen LogP contribution in [0, 0.1) is 5.82 Å². The molecule has 2 rings (SSSR count). The number of halogens is 1. The molecule has 0 radical (unpaired) electrons. The molecule has 4 heteroatoms. The fraction of sp³-hybridized carbons (Fsp3) is 0.625. The second kappa shape index (κ2) is 6.44. The van der Waals surface area contributed by atoms with Crippen LogP contribution >= 0.6 is 0 Å². The van der Waals surface area contributed by atoms with E-state index in [0.29, 0.717) is 11.5 Å². The summed E-state index contributed by atoms with van der Waals surface area (Å²) in [4.78, 5) is 0. The Hall–Kier alpha value is -1.29. The van der Waals surface area contributed by atoms with Crippen LogP contribution in [0.1, 0.15) is 37.7 Å². The largest absolute Gasteiger partial charge is 0.493 e. The number of hydrogen-bond donors (Lipinski definition) is 1. The lowest BCUT2D eigenvalue weighted by Gasteiger charge is -2.38. The molecule has 1 aromatic rings. The maximum atomic E-state index is 14.5. The predicted molar refractivity (Wildman–Crippen MR) is 78.2 cm³/mol. The molecule has 0 saturated heterocycles. The molecule has 1 fully saturated rings. The molecule has 0 heterocycles. The van der Waals surface area contributed by atoms with Crippen LogP contribution in [0.5, 0.6) is 11.5 Å². The summed E-state index contributed by atoms with van der Waals surface area (Å²) in [5.41, 5.74) is 0.626. The Bertz CT molecular complexity index is 451. The predicted octanol–water partition coefficient (Wildman–Crippen LogP) is 3.26. The fourth-order valence-electron chi connectivity index (χ4n) is 3.37. The highest BCUT2D eigenvalue weighted by Gasteiger charge is 2.36. The second-order valence-electron chi connectivity index (χ2n) is 5.56. The highest BCUT2D eigenvalue weighted by Crippen LogP contribution is 2.43. The molecule has 112 valence electrons. The summed E-state index contributed by atoms with van der Waals surface area (Å²) in [6.07, 6.45) is 5.56. The highest BCUT2D eigenvalue weighted by atomic mass is 19.1. The third kappa shape index (κ3) is 2.75. The van der Waals surface area contributed by atoms with Crippen molar-refractivity contribution in [2.75, 3.05) is 27.8 Å². The van der Waals surface area contributed by atoms with Crippen molar-refractivity contribution < 1.29 is 13.9 Å². The molecule has 1 saturated carbocycles. The molecule has 0 atom stereocenters. The molecule has 0 amide bonds. The van der Waals surface area contributed by atoms with Gasteiger partial charge in [-0.1, -0.05) is 19.3 Å². The van der Waals surface area contributed by atoms with Crippen molar-refractivity contribution in [3.05, 3.63) is 23.5 Å². The van der Waals surface area contributed by atoms with Gasteiger partial charge in [0.05, 0.1) is 14.2 Å². The minimum Gasteiger partial charge on any atom is -0.493 e. The molecule has 1 aromatic carbocycles. The topological polar surface area (TPSA) is 30.5 Å². The summed E-state index contributed by atoms with van der Waals surface area (Å²) in [5.74, 6) is 0.855. The van der Waals surface area contributed by atoms with E-state index in [1.807, 2.05) is 13.1 Å². The summed E-state index contributed by atoms with van der Waals surface area (Å²) >= 11 is 0. The molecule has 0 spiro atoms. The van der Waals surface area contributed by atoms with Crippen molar-refractivity contribution >= 4 is 0 Å². The molecule has 0 unspecified atom stereocenters. The molecule has 0 aliphatic heterocycles. The smallest absolute Gasteiger partial charge is 0.163 e. The molecule has 3 nitrogen and oxygen atoms in total. The van der Waals surface area contributed by atoms with E-state index in [1.165, 1.54) is 19.6 Å². The van der Waals surface area contributed by atoms with Gasteiger partial charge in [0.2, 0.25) is 0 Å². The van der Waals surface area contributed by atoms with Gasteiger partial charge in [-0.3, -0.25) is 0 Å². The lowest BCUT2D eigenvalue weighted by molar-refractivity contribution is 0.274. The summed E-state index contributed by atoms with van der Waals surface area (Å²) in [7, 11) is 5.04. The van der Waals surface area contributed by atoms with Crippen LogP contribution in [0.25, 0.3) is 0 Å². The fourth-order valence-corrected chi connectivity index (χ4v) is 3.37.